The molecule has 0 saturated carbocycles. The summed E-state index contributed by atoms with van der Waals surface area (Å²) >= 11 is 0. The average molecular weight is 1930 g/mol. The van der Waals surface area contributed by atoms with Gasteiger partial charge in [-0.3, -0.25) is 0 Å². The second-order valence-corrected chi connectivity index (χ2v) is 42.5. The molecule has 7 N–H and O–H groups in total. The van der Waals surface area contributed by atoms with Gasteiger partial charge in [0.2, 0.25) is 0 Å². The number of aliphatic hydroxyl groups excluding tert-OH is 7. The monoisotopic (exact) mass is 1930 g/mol. The Labute approximate surface area is 800 Å². The molecule has 6 aromatic carbocycles. The zero-order valence-electron chi connectivity index (χ0n) is 79.8. The number of aliphatic hydroxyl groups is 7. The van der Waals surface area contributed by atoms with E-state index in [0.29, 0.717) is 5.56 Å². The minimum absolute atomic E-state index is 0.000811. The lowest BCUT2D eigenvalue weighted by molar-refractivity contribution is -0.382. The molecule has 0 aliphatic carbocycles. The first-order valence-corrected chi connectivity index (χ1v) is 49.4. The molecule has 8 heterocycles. The van der Waals surface area contributed by atoms with Gasteiger partial charge in [0, 0.05) is 33.7 Å². The molecule has 0 spiro atoms. The van der Waals surface area contributed by atoms with Crippen LogP contribution in [0.1, 0.15) is 112 Å². The number of benzene rings is 6. The molecule has 37 nitrogen and oxygen atoms in total. The van der Waals surface area contributed by atoms with E-state index in [-0.39, 0.29) is 50.8 Å². The lowest BCUT2D eigenvalue weighted by atomic mass is 9.84. The van der Waals surface area contributed by atoms with Crippen LogP contribution in [0.25, 0.3) is 31.3 Å². The van der Waals surface area contributed by atoms with Crippen molar-refractivity contribution in [1.29, 1.82) is 0 Å². The SMILES string of the molecule is CO[C@H]1OC(CO)[C@@H](O[C@@H]2OC(C)[C@@H](O[C@H]3OC(CO)[C@H](O[C@@H]4OC(C)[C@@H](O[C@H]5OC(CO)[C@@H](O[C@@H]6OC(C)[C@@H](O[C@@H]7OC(CO[Si](c8ccccc8)(c8ccccc8)C(C)(C)C)[C@H](O[C@@H]8OC(C)[C@@H](C)[C@@H](OCc9ccccc9)C8O)[C@H](C)C7N=[N+]=[N-])[C@@H](OCc7ccccc7)C6O)[C@H](C)C5N=[N+]=[N-])[C@@H](OCc5ccccc5)C4O)[C@H](C)C3N=[N+]=[N-])[C@@H](OCc3ccccc3)C2O)[C@H](C)C1C. The second kappa shape index (κ2) is 48.4. The van der Waals surface area contributed by atoms with Gasteiger partial charge in [-0.1, -0.05) is 260 Å². The molecule has 0 amide bonds. The molecule has 0 radical (unpaired) electrons. The predicted molar refractivity (Wildman–Crippen MR) is 496 cm³/mol. The molecular weight excluding hydrogens is 1790 g/mol. The van der Waals surface area contributed by atoms with E-state index in [4.69, 9.17) is 99.2 Å². The van der Waals surface area contributed by atoms with Crippen molar-refractivity contribution in [2.45, 2.75) is 330 Å². The van der Waals surface area contributed by atoms with E-state index in [1.54, 1.807) is 34.6 Å². The summed E-state index contributed by atoms with van der Waals surface area (Å²) in [4.78, 5) is 9.82. The van der Waals surface area contributed by atoms with Crippen molar-refractivity contribution in [3.8, 4) is 0 Å². The third-order valence-electron chi connectivity index (χ3n) is 28.3. The van der Waals surface area contributed by atoms with Gasteiger partial charge in [-0.25, -0.2) is 0 Å². The minimum Gasteiger partial charge on any atom is -0.405 e. The Hall–Kier alpha value is -7.65. The van der Waals surface area contributed by atoms with Crippen LogP contribution in [0, 0.1) is 35.5 Å². The van der Waals surface area contributed by atoms with Gasteiger partial charge in [0.1, 0.15) is 85.5 Å². The fourth-order valence-electron chi connectivity index (χ4n) is 20.4. The van der Waals surface area contributed by atoms with Crippen molar-refractivity contribution in [3.05, 3.63) is 236 Å². The zero-order valence-corrected chi connectivity index (χ0v) is 80.8. The standard InChI is InChI=1S/C99H135N9O28Si/c1-53-54(2)91(116-14)126-69(45-109)80(53)130-96-77(113)88(118-49-64-35-23-16-24-36-64)85(60(8)123-96)134-92-73(103-106-100)56(4)81(70(46-110)127-92)131-97-78(114)89(119-50-65-37-25-17-26-38-65)86(61(9)124-97)135-93-74(104-107-101)57(5)82(71(47-111)128-93)132-98-79(115)90(120-51-66-39-27-18-28-40-66)87(62(10)125-98)136-94-75(105-108-102)58(6)83(133-95-76(112)84(55(3)59(7)122-95)117-48-63-33-21-15-22-34-63)72(129-94)52-121-137(99(11,12)13,67-41-29-19-30-42-67)68-43-31-20-32-44-68/h15-44,53-62,69-98,109-115H,45-52H2,1-14H3/t53-,54?,55-,56-,57-,58-,59?,60?,61?,62?,69?,70?,71?,72?,73?,74?,75?,76?,77?,78?,79?,80+,81-,82+,83-,84-,85-,86-,87-,88+,89+,90+,91+,92-,93-,94+,95+,96+,97+,98+/m1/s1. The molecule has 6 aromatic rings. The number of methoxy groups -OCH3 is 1. The van der Waals surface area contributed by atoms with Crippen LogP contribution < -0.4 is 10.4 Å². The molecule has 8 fully saturated rings. The van der Waals surface area contributed by atoms with Crippen molar-refractivity contribution in [3.63, 3.8) is 0 Å². The molecule has 14 rings (SSSR count). The van der Waals surface area contributed by atoms with E-state index in [2.05, 4.69) is 75.1 Å². The molecule has 38 heteroatoms. The Kier molecular flexibility index (Phi) is 37.2. The van der Waals surface area contributed by atoms with E-state index in [1.807, 2.05) is 192 Å². The van der Waals surface area contributed by atoms with Crippen molar-refractivity contribution in [1.82, 2.24) is 0 Å². The molecule has 748 valence electrons. The summed E-state index contributed by atoms with van der Waals surface area (Å²) in [5.41, 5.74) is 34.6. The predicted octanol–water partition coefficient (Wildman–Crippen LogP) is 10.4. The van der Waals surface area contributed by atoms with Crippen molar-refractivity contribution in [2.75, 3.05) is 33.5 Å². The summed E-state index contributed by atoms with van der Waals surface area (Å²) in [7, 11) is -1.87. The van der Waals surface area contributed by atoms with Gasteiger partial charge in [-0.05, 0) is 106 Å². The summed E-state index contributed by atoms with van der Waals surface area (Å²) in [6.45, 7) is 22.4. The highest BCUT2D eigenvalue weighted by molar-refractivity contribution is 6.99. The largest absolute Gasteiger partial charge is 0.405 e. The van der Waals surface area contributed by atoms with Gasteiger partial charge in [0.05, 0.1) is 126 Å². The van der Waals surface area contributed by atoms with Gasteiger partial charge in [0.15, 0.2) is 50.3 Å². The van der Waals surface area contributed by atoms with Crippen LogP contribution in [-0.2, 0) is 126 Å². The van der Waals surface area contributed by atoms with Gasteiger partial charge in [-0.15, -0.1) is 0 Å². The Bertz CT molecular complexity index is 4790. The maximum atomic E-state index is 13.1. The Morgan fingerprint density at radius 2 is 0.569 bits per heavy atom. The van der Waals surface area contributed by atoms with E-state index in [0.717, 1.165) is 27.1 Å². The number of hydrogen-bond donors (Lipinski definition) is 7. The second-order valence-electron chi connectivity index (χ2n) is 38.2. The van der Waals surface area contributed by atoms with Crippen molar-refractivity contribution in [2.24, 2.45) is 50.9 Å². The highest BCUT2D eigenvalue weighted by Gasteiger charge is 2.61. The van der Waals surface area contributed by atoms with Crippen LogP contribution in [-0.4, -0.2) is 286 Å². The lowest BCUT2D eigenvalue weighted by Gasteiger charge is -2.52. The molecule has 137 heavy (non-hydrogen) atoms. The molecule has 40 atom stereocenters. The third-order valence-corrected chi connectivity index (χ3v) is 33.4. The van der Waals surface area contributed by atoms with Crippen LogP contribution in [0.4, 0.5) is 0 Å². The first-order valence-electron chi connectivity index (χ1n) is 47.5. The normalized spacial score (nSPS) is 38.8. The summed E-state index contributed by atoms with van der Waals surface area (Å²) in [6.07, 6.45) is -38.0. The third kappa shape index (κ3) is 24.0. The molecule has 0 aromatic heterocycles. The smallest absolute Gasteiger partial charge is 0.261 e. The Morgan fingerprint density at radius 3 is 0.869 bits per heavy atom. The van der Waals surface area contributed by atoms with Gasteiger partial charge < -0.3 is 135 Å². The molecule has 8 aliphatic heterocycles. The van der Waals surface area contributed by atoms with Crippen molar-refractivity contribution >= 4 is 18.7 Å². The maximum absolute atomic E-state index is 13.1. The average Bonchev–Trinajstić information content (AvgIpc) is 0.741. The van der Waals surface area contributed by atoms with Gasteiger partial charge in [0.25, 0.3) is 8.32 Å². The first-order chi connectivity index (χ1) is 66.1. The topological polar surface area (TPSA) is 482 Å². The van der Waals surface area contributed by atoms with Crippen LogP contribution in [0.3, 0.4) is 0 Å². The number of hydrogen-bond acceptors (Lipinski definition) is 31. The number of azide groups is 3. The van der Waals surface area contributed by atoms with Crippen LogP contribution in [0.5, 0.6) is 0 Å². The fourth-order valence-corrected chi connectivity index (χ4v) is 24.9. The highest BCUT2D eigenvalue weighted by atomic mass is 28.4. The maximum Gasteiger partial charge on any atom is 0.261 e. The highest BCUT2D eigenvalue weighted by Crippen LogP contribution is 2.46. The quantitative estimate of drug-likeness (QED) is 0.00819. The van der Waals surface area contributed by atoms with Crippen LogP contribution >= 0.6 is 0 Å². The summed E-state index contributed by atoms with van der Waals surface area (Å²) in [6, 6.07) is 53.6. The summed E-state index contributed by atoms with van der Waals surface area (Å²) in [5, 5.41) is 98.6. The first kappa shape index (κ1) is 105. The number of rotatable bonds is 38. The van der Waals surface area contributed by atoms with Crippen LogP contribution in [0.15, 0.2) is 197 Å². The molecular formula is C99H135N9O28Si. The van der Waals surface area contributed by atoms with E-state index in [9.17, 15) is 52.3 Å². The fraction of sp³-hybridized carbons (Fsp3) is 0.636. The molecule has 8 saturated heterocycles. The zero-order chi connectivity index (χ0) is 97.5. The minimum atomic E-state index is -3.39. The van der Waals surface area contributed by atoms with Gasteiger partial charge in [-0.2, -0.15) is 0 Å². The summed E-state index contributed by atoms with van der Waals surface area (Å²) in [5.74, 6) is -3.37. The van der Waals surface area contributed by atoms with E-state index < -0.39 is 260 Å². The Morgan fingerprint density at radius 1 is 0.307 bits per heavy atom. The lowest BCUT2D eigenvalue weighted by Crippen LogP contribution is -2.68. The van der Waals surface area contributed by atoms with Crippen molar-refractivity contribution < 1.29 is 135 Å². The molecule has 0 bridgehead atoms. The number of ether oxygens (including phenoxy) is 20. The van der Waals surface area contributed by atoms with Gasteiger partial charge >= 0.3 is 0 Å². The van der Waals surface area contributed by atoms with Crippen LogP contribution in [0.2, 0.25) is 5.04 Å². The van der Waals surface area contributed by atoms with E-state index >= 15 is 0 Å². The number of nitrogens with zero attached hydrogens (tertiary/aromatic N) is 9. The summed E-state index contributed by atoms with van der Waals surface area (Å²) < 4.78 is 141. The van der Waals surface area contributed by atoms with E-state index in [1.165, 1.54) is 7.11 Å². The molecule has 8 aliphatic rings. The Balaban J connectivity index is 0.700. The molecule has 16 unspecified atom stereocenters.